The molecule has 3 nitrogen and oxygen atoms in total. The standard InChI is InChI=1S/C16H24N2O/c1-19-16-7-3-2-5-13(16)12-18-10-4-6-15(18)11-17-14-8-9-14/h2-3,5,7,14-15,17H,4,6,8-12H2,1H3. The summed E-state index contributed by atoms with van der Waals surface area (Å²) in [5, 5.41) is 3.67. The summed E-state index contributed by atoms with van der Waals surface area (Å²) < 4.78 is 5.46. The Morgan fingerprint density at radius 3 is 2.89 bits per heavy atom. The minimum atomic E-state index is 0.700. The van der Waals surface area contributed by atoms with Crippen molar-refractivity contribution in [2.45, 2.75) is 44.3 Å². The van der Waals surface area contributed by atoms with Crippen molar-refractivity contribution >= 4 is 0 Å². The molecule has 2 fully saturated rings. The molecule has 0 spiro atoms. The van der Waals surface area contributed by atoms with E-state index in [2.05, 4.69) is 28.4 Å². The molecule has 19 heavy (non-hydrogen) atoms. The molecule has 2 aliphatic rings. The van der Waals surface area contributed by atoms with E-state index in [1.807, 2.05) is 6.07 Å². The van der Waals surface area contributed by atoms with Gasteiger partial charge in [-0.2, -0.15) is 0 Å². The van der Waals surface area contributed by atoms with E-state index in [9.17, 15) is 0 Å². The largest absolute Gasteiger partial charge is 0.496 e. The Kier molecular flexibility index (Phi) is 4.04. The van der Waals surface area contributed by atoms with Crippen molar-refractivity contribution in [3.05, 3.63) is 29.8 Å². The highest BCUT2D eigenvalue weighted by atomic mass is 16.5. The van der Waals surface area contributed by atoms with Crippen molar-refractivity contribution in [1.82, 2.24) is 10.2 Å². The summed E-state index contributed by atoms with van der Waals surface area (Å²) in [5.74, 6) is 1.02. The van der Waals surface area contributed by atoms with Gasteiger partial charge >= 0.3 is 0 Å². The maximum Gasteiger partial charge on any atom is 0.123 e. The molecule has 1 atom stereocenters. The Morgan fingerprint density at radius 1 is 1.26 bits per heavy atom. The predicted molar refractivity (Wildman–Crippen MR) is 77.5 cm³/mol. The van der Waals surface area contributed by atoms with Gasteiger partial charge in [0, 0.05) is 30.7 Å². The Bertz CT molecular complexity index is 417. The van der Waals surface area contributed by atoms with E-state index in [4.69, 9.17) is 4.74 Å². The lowest BCUT2D eigenvalue weighted by atomic mass is 10.1. The molecular weight excluding hydrogens is 236 g/mol. The number of hydrogen-bond donors (Lipinski definition) is 1. The van der Waals surface area contributed by atoms with Crippen molar-refractivity contribution in [2.24, 2.45) is 0 Å². The maximum atomic E-state index is 5.46. The molecule has 0 amide bonds. The highest BCUT2D eigenvalue weighted by molar-refractivity contribution is 5.33. The number of hydrogen-bond acceptors (Lipinski definition) is 3. The van der Waals surface area contributed by atoms with Crippen LogP contribution in [0.4, 0.5) is 0 Å². The first-order valence-corrected chi connectivity index (χ1v) is 7.46. The van der Waals surface area contributed by atoms with Gasteiger partial charge in [-0.15, -0.1) is 0 Å². The van der Waals surface area contributed by atoms with Crippen molar-refractivity contribution < 1.29 is 4.74 Å². The molecule has 1 aromatic carbocycles. The van der Waals surface area contributed by atoms with Crippen LogP contribution >= 0.6 is 0 Å². The first-order chi connectivity index (χ1) is 9.36. The van der Waals surface area contributed by atoms with Crippen LogP contribution in [0.2, 0.25) is 0 Å². The lowest BCUT2D eigenvalue weighted by Gasteiger charge is -2.25. The minimum absolute atomic E-state index is 0.700. The van der Waals surface area contributed by atoms with Crippen molar-refractivity contribution in [3.8, 4) is 5.75 Å². The Balaban J connectivity index is 1.60. The molecule has 3 heteroatoms. The molecular formula is C16H24N2O. The van der Waals surface area contributed by atoms with Gasteiger partial charge in [0.2, 0.25) is 0 Å². The lowest BCUT2D eigenvalue weighted by Crippen LogP contribution is -2.38. The first-order valence-electron chi connectivity index (χ1n) is 7.46. The summed E-state index contributed by atoms with van der Waals surface area (Å²) in [5.41, 5.74) is 1.31. The third-order valence-electron chi connectivity index (χ3n) is 4.28. The van der Waals surface area contributed by atoms with E-state index < -0.39 is 0 Å². The van der Waals surface area contributed by atoms with E-state index in [0.29, 0.717) is 6.04 Å². The average molecular weight is 260 g/mol. The molecule has 0 aromatic heterocycles. The zero-order valence-electron chi connectivity index (χ0n) is 11.8. The van der Waals surface area contributed by atoms with E-state index in [1.165, 1.54) is 37.8 Å². The molecule has 0 radical (unpaired) electrons. The number of ether oxygens (including phenoxy) is 1. The number of likely N-dealkylation sites (tertiary alicyclic amines) is 1. The van der Waals surface area contributed by atoms with Gasteiger partial charge in [-0.25, -0.2) is 0 Å². The fraction of sp³-hybridized carbons (Fsp3) is 0.625. The average Bonchev–Trinajstić information content (AvgIpc) is 3.17. The van der Waals surface area contributed by atoms with E-state index in [0.717, 1.165) is 24.9 Å². The van der Waals surface area contributed by atoms with Crippen LogP contribution in [0.15, 0.2) is 24.3 Å². The molecule has 1 saturated heterocycles. The van der Waals surface area contributed by atoms with Gasteiger partial charge in [-0.3, -0.25) is 4.90 Å². The molecule has 1 aromatic rings. The fourth-order valence-corrected chi connectivity index (χ4v) is 2.98. The topological polar surface area (TPSA) is 24.5 Å². The van der Waals surface area contributed by atoms with Gasteiger partial charge in [0.15, 0.2) is 0 Å². The van der Waals surface area contributed by atoms with Crippen LogP contribution in [0.1, 0.15) is 31.2 Å². The number of rotatable bonds is 6. The smallest absolute Gasteiger partial charge is 0.123 e. The molecule has 1 saturated carbocycles. The molecule has 1 unspecified atom stereocenters. The third kappa shape index (κ3) is 3.28. The van der Waals surface area contributed by atoms with Gasteiger partial charge in [0.05, 0.1) is 7.11 Å². The predicted octanol–water partition coefficient (Wildman–Crippen LogP) is 2.41. The summed E-state index contributed by atoms with van der Waals surface area (Å²) in [7, 11) is 1.76. The summed E-state index contributed by atoms with van der Waals surface area (Å²) in [6.45, 7) is 3.38. The van der Waals surface area contributed by atoms with Crippen molar-refractivity contribution in [3.63, 3.8) is 0 Å². The van der Waals surface area contributed by atoms with Gasteiger partial charge < -0.3 is 10.1 Å². The molecule has 104 valence electrons. The SMILES string of the molecule is COc1ccccc1CN1CCCC1CNC1CC1. The van der Waals surface area contributed by atoms with Gasteiger partial charge in [0.1, 0.15) is 5.75 Å². The third-order valence-corrected chi connectivity index (χ3v) is 4.28. The first kappa shape index (κ1) is 12.9. The Labute approximate surface area is 115 Å². The van der Waals surface area contributed by atoms with Crippen LogP contribution in [0.5, 0.6) is 5.75 Å². The van der Waals surface area contributed by atoms with E-state index >= 15 is 0 Å². The molecule has 1 heterocycles. The number of nitrogens with zero attached hydrogens (tertiary/aromatic N) is 1. The van der Waals surface area contributed by atoms with Gasteiger partial charge in [0.25, 0.3) is 0 Å². The fourth-order valence-electron chi connectivity index (χ4n) is 2.98. The monoisotopic (exact) mass is 260 g/mol. The zero-order valence-corrected chi connectivity index (χ0v) is 11.8. The number of nitrogens with one attached hydrogen (secondary N) is 1. The Morgan fingerprint density at radius 2 is 2.11 bits per heavy atom. The lowest BCUT2D eigenvalue weighted by molar-refractivity contribution is 0.235. The minimum Gasteiger partial charge on any atom is -0.496 e. The summed E-state index contributed by atoms with van der Waals surface area (Å²) in [6.07, 6.45) is 5.40. The van der Waals surface area contributed by atoms with Gasteiger partial charge in [-0.1, -0.05) is 18.2 Å². The summed E-state index contributed by atoms with van der Waals surface area (Å²) in [4.78, 5) is 2.60. The number of para-hydroxylation sites is 1. The molecule has 1 N–H and O–H groups in total. The number of methoxy groups -OCH3 is 1. The van der Waals surface area contributed by atoms with Gasteiger partial charge in [-0.05, 0) is 38.3 Å². The van der Waals surface area contributed by atoms with Crippen LogP contribution < -0.4 is 10.1 Å². The molecule has 1 aliphatic carbocycles. The molecule has 3 rings (SSSR count). The van der Waals surface area contributed by atoms with Crippen LogP contribution in [0.25, 0.3) is 0 Å². The van der Waals surface area contributed by atoms with Crippen LogP contribution in [-0.2, 0) is 6.54 Å². The van der Waals surface area contributed by atoms with E-state index in [1.54, 1.807) is 7.11 Å². The normalized spacial score (nSPS) is 23.7. The number of benzene rings is 1. The molecule has 0 bridgehead atoms. The maximum absolute atomic E-state index is 5.46. The van der Waals surface area contributed by atoms with Crippen molar-refractivity contribution in [1.29, 1.82) is 0 Å². The highest BCUT2D eigenvalue weighted by Crippen LogP contribution is 2.25. The molecule has 1 aliphatic heterocycles. The van der Waals surface area contributed by atoms with E-state index in [-0.39, 0.29) is 0 Å². The van der Waals surface area contributed by atoms with Crippen LogP contribution in [0.3, 0.4) is 0 Å². The van der Waals surface area contributed by atoms with Crippen LogP contribution in [-0.4, -0.2) is 37.2 Å². The second-order valence-corrected chi connectivity index (χ2v) is 5.76. The highest BCUT2D eigenvalue weighted by Gasteiger charge is 2.28. The quantitative estimate of drug-likeness (QED) is 0.850. The second-order valence-electron chi connectivity index (χ2n) is 5.76. The zero-order chi connectivity index (χ0) is 13.1. The second kappa shape index (κ2) is 5.93. The Hall–Kier alpha value is -1.06. The van der Waals surface area contributed by atoms with Crippen molar-refractivity contribution in [2.75, 3.05) is 20.2 Å². The summed E-state index contributed by atoms with van der Waals surface area (Å²) in [6, 6.07) is 9.90. The van der Waals surface area contributed by atoms with Crippen LogP contribution in [0, 0.1) is 0 Å². The summed E-state index contributed by atoms with van der Waals surface area (Å²) >= 11 is 0.